The number of rotatable bonds is 4. The number of nitrogens with two attached hydrogens (primary N) is 1. The number of carbonyl (C=O) groups is 1. The SMILES string of the molecule is CC(N)C(=O)NC1CCN(c2cccc(OC(F)(F)F)c2)C1.Cl. The zero-order chi connectivity index (χ0) is 16.3. The fraction of sp³-hybridized carbons (Fsp3) is 0.500. The van der Waals surface area contributed by atoms with Crippen molar-refractivity contribution >= 4 is 24.0 Å². The number of carbonyl (C=O) groups excluding carboxylic acids is 1. The molecule has 9 heteroatoms. The molecule has 5 nitrogen and oxygen atoms in total. The number of benzene rings is 1. The number of nitrogens with zero attached hydrogens (tertiary/aromatic N) is 1. The predicted molar refractivity (Wildman–Crippen MR) is 82.8 cm³/mol. The highest BCUT2D eigenvalue weighted by Crippen LogP contribution is 2.28. The molecule has 1 aromatic rings. The Morgan fingerprint density at radius 2 is 2.17 bits per heavy atom. The first-order valence-corrected chi connectivity index (χ1v) is 6.91. The summed E-state index contributed by atoms with van der Waals surface area (Å²) in [5, 5.41) is 2.81. The molecule has 3 N–H and O–H groups in total. The van der Waals surface area contributed by atoms with Crippen LogP contribution in [0.3, 0.4) is 0 Å². The van der Waals surface area contributed by atoms with Crippen LogP contribution in [0.1, 0.15) is 13.3 Å². The average molecular weight is 354 g/mol. The molecule has 1 aliphatic rings. The van der Waals surface area contributed by atoms with Crippen LogP contribution in [0, 0.1) is 0 Å². The molecule has 130 valence electrons. The zero-order valence-electron chi connectivity index (χ0n) is 12.5. The minimum Gasteiger partial charge on any atom is -0.406 e. The molecule has 0 saturated carbocycles. The van der Waals surface area contributed by atoms with Crippen molar-refractivity contribution in [2.45, 2.75) is 31.8 Å². The third-order valence-electron chi connectivity index (χ3n) is 3.36. The number of ether oxygens (including phenoxy) is 1. The summed E-state index contributed by atoms with van der Waals surface area (Å²) in [5.41, 5.74) is 6.11. The van der Waals surface area contributed by atoms with Crippen LogP contribution < -0.4 is 20.7 Å². The molecule has 2 rings (SSSR count). The normalized spacial score (nSPS) is 19.0. The Bertz CT molecular complexity index is 540. The highest BCUT2D eigenvalue weighted by atomic mass is 35.5. The van der Waals surface area contributed by atoms with E-state index in [-0.39, 0.29) is 30.1 Å². The number of anilines is 1. The molecule has 0 aliphatic carbocycles. The van der Waals surface area contributed by atoms with Crippen LogP contribution in [-0.2, 0) is 4.79 Å². The van der Waals surface area contributed by atoms with Crippen molar-refractivity contribution in [1.82, 2.24) is 5.32 Å². The number of nitrogens with one attached hydrogen (secondary N) is 1. The lowest BCUT2D eigenvalue weighted by atomic mass is 10.2. The van der Waals surface area contributed by atoms with E-state index in [1.807, 2.05) is 4.90 Å². The van der Waals surface area contributed by atoms with Gasteiger partial charge in [0, 0.05) is 30.9 Å². The van der Waals surface area contributed by atoms with Crippen LogP contribution in [0.5, 0.6) is 5.75 Å². The summed E-state index contributed by atoms with van der Waals surface area (Å²) in [4.78, 5) is 13.5. The molecule has 1 saturated heterocycles. The summed E-state index contributed by atoms with van der Waals surface area (Å²) in [6, 6.07) is 5.15. The molecule has 0 radical (unpaired) electrons. The number of halogens is 4. The Hall–Kier alpha value is -1.67. The molecule has 0 aromatic heterocycles. The largest absolute Gasteiger partial charge is 0.573 e. The zero-order valence-corrected chi connectivity index (χ0v) is 13.3. The van der Waals surface area contributed by atoms with Crippen molar-refractivity contribution in [3.63, 3.8) is 0 Å². The molecule has 0 bridgehead atoms. The summed E-state index contributed by atoms with van der Waals surface area (Å²) in [5.74, 6) is -0.492. The Labute approximate surface area is 138 Å². The second-order valence-electron chi connectivity index (χ2n) is 5.27. The number of hydrogen-bond acceptors (Lipinski definition) is 4. The third-order valence-corrected chi connectivity index (χ3v) is 3.36. The molecular weight excluding hydrogens is 335 g/mol. The van der Waals surface area contributed by atoms with Crippen LogP contribution in [-0.4, -0.2) is 37.4 Å². The van der Waals surface area contributed by atoms with Crippen molar-refractivity contribution in [2.75, 3.05) is 18.0 Å². The van der Waals surface area contributed by atoms with Crippen molar-refractivity contribution in [3.8, 4) is 5.75 Å². The van der Waals surface area contributed by atoms with Gasteiger partial charge in [-0.3, -0.25) is 4.79 Å². The van der Waals surface area contributed by atoms with E-state index in [0.29, 0.717) is 25.2 Å². The van der Waals surface area contributed by atoms with Gasteiger partial charge in [-0.2, -0.15) is 0 Å². The number of hydrogen-bond donors (Lipinski definition) is 2. The molecule has 23 heavy (non-hydrogen) atoms. The maximum absolute atomic E-state index is 12.2. The molecule has 1 aliphatic heterocycles. The quantitative estimate of drug-likeness (QED) is 0.869. The van der Waals surface area contributed by atoms with Gasteiger partial charge in [0.2, 0.25) is 5.91 Å². The molecular formula is C14H19ClF3N3O2. The van der Waals surface area contributed by atoms with E-state index < -0.39 is 12.4 Å². The second-order valence-corrected chi connectivity index (χ2v) is 5.27. The van der Waals surface area contributed by atoms with Crippen molar-refractivity contribution in [1.29, 1.82) is 0 Å². The minimum atomic E-state index is -4.71. The minimum absolute atomic E-state index is 0. The van der Waals surface area contributed by atoms with Crippen molar-refractivity contribution in [3.05, 3.63) is 24.3 Å². The lowest BCUT2D eigenvalue weighted by molar-refractivity contribution is -0.274. The molecule has 0 spiro atoms. The van der Waals surface area contributed by atoms with E-state index in [1.165, 1.54) is 18.2 Å². The van der Waals surface area contributed by atoms with E-state index in [0.717, 1.165) is 0 Å². The predicted octanol–water partition coefficient (Wildman–Crippen LogP) is 2.05. The first kappa shape index (κ1) is 19.4. The lowest BCUT2D eigenvalue weighted by Gasteiger charge is -2.20. The van der Waals surface area contributed by atoms with Crippen molar-refractivity contribution < 1.29 is 22.7 Å². The molecule has 1 amide bonds. The average Bonchev–Trinajstić information content (AvgIpc) is 2.85. The Morgan fingerprint density at radius 1 is 1.48 bits per heavy atom. The summed E-state index contributed by atoms with van der Waals surface area (Å²) in [6.07, 6.45) is -4.00. The van der Waals surface area contributed by atoms with E-state index >= 15 is 0 Å². The van der Waals surface area contributed by atoms with Crippen LogP contribution >= 0.6 is 12.4 Å². The number of alkyl halides is 3. The fourth-order valence-corrected chi connectivity index (χ4v) is 2.32. The second kappa shape index (κ2) is 7.74. The van der Waals surface area contributed by atoms with Gasteiger partial charge in [0.05, 0.1) is 6.04 Å². The molecule has 2 unspecified atom stereocenters. The first-order valence-electron chi connectivity index (χ1n) is 6.91. The lowest BCUT2D eigenvalue weighted by Crippen LogP contribution is -2.44. The van der Waals surface area contributed by atoms with Gasteiger partial charge in [-0.25, -0.2) is 0 Å². The van der Waals surface area contributed by atoms with Gasteiger partial charge in [0.1, 0.15) is 5.75 Å². The van der Waals surface area contributed by atoms with E-state index in [9.17, 15) is 18.0 Å². The first-order chi connectivity index (χ1) is 10.2. The summed E-state index contributed by atoms with van der Waals surface area (Å²) < 4.78 is 40.6. The highest BCUT2D eigenvalue weighted by Gasteiger charge is 2.31. The standard InChI is InChI=1S/C14H18F3N3O2.ClH/c1-9(18)13(21)19-10-5-6-20(8-10)11-3-2-4-12(7-11)22-14(15,16)17;/h2-4,7,9-10H,5-6,8,18H2,1H3,(H,19,21);1H. The Kier molecular flexibility index (Phi) is 6.52. The smallest absolute Gasteiger partial charge is 0.406 e. The Morgan fingerprint density at radius 3 is 2.78 bits per heavy atom. The van der Waals surface area contributed by atoms with E-state index in [2.05, 4.69) is 10.1 Å². The van der Waals surface area contributed by atoms with Gasteiger partial charge in [0.15, 0.2) is 0 Å². The van der Waals surface area contributed by atoms with Crippen molar-refractivity contribution in [2.24, 2.45) is 5.73 Å². The Balaban J connectivity index is 0.00000264. The van der Waals surface area contributed by atoms with E-state index in [1.54, 1.807) is 13.0 Å². The van der Waals surface area contributed by atoms with Crippen LogP contribution in [0.4, 0.5) is 18.9 Å². The third kappa shape index (κ3) is 5.80. The van der Waals surface area contributed by atoms with Crippen LogP contribution in [0.15, 0.2) is 24.3 Å². The van der Waals surface area contributed by atoms with Gasteiger partial charge in [-0.15, -0.1) is 25.6 Å². The van der Waals surface area contributed by atoms with Crippen LogP contribution in [0.2, 0.25) is 0 Å². The summed E-state index contributed by atoms with van der Waals surface area (Å²) in [7, 11) is 0. The molecule has 2 atom stereocenters. The fourth-order valence-electron chi connectivity index (χ4n) is 2.32. The van der Waals surface area contributed by atoms with Gasteiger partial charge in [-0.1, -0.05) is 6.07 Å². The van der Waals surface area contributed by atoms with Crippen LogP contribution in [0.25, 0.3) is 0 Å². The van der Waals surface area contributed by atoms with Gasteiger partial charge >= 0.3 is 6.36 Å². The molecule has 1 aromatic carbocycles. The highest BCUT2D eigenvalue weighted by molar-refractivity contribution is 5.85. The molecule has 1 fully saturated rings. The summed E-state index contributed by atoms with van der Waals surface area (Å²) in [6.45, 7) is 2.76. The van der Waals surface area contributed by atoms with E-state index in [4.69, 9.17) is 5.73 Å². The topological polar surface area (TPSA) is 67.6 Å². The monoisotopic (exact) mass is 353 g/mol. The number of amides is 1. The van der Waals surface area contributed by atoms with Gasteiger partial charge < -0.3 is 20.7 Å². The van der Waals surface area contributed by atoms with Gasteiger partial charge in [0.25, 0.3) is 0 Å². The van der Waals surface area contributed by atoms with Gasteiger partial charge in [-0.05, 0) is 25.5 Å². The maximum Gasteiger partial charge on any atom is 0.573 e. The summed E-state index contributed by atoms with van der Waals surface area (Å²) >= 11 is 0. The maximum atomic E-state index is 12.2. The molecule has 1 heterocycles.